The molecule has 23 heavy (non-hydrogen) atoms. The van der Waals surface area contributed by atoms with Crippen LogP contribution in [0.5, 0.6) is 0 Å². The first-order valence-electron chi connectivity index (χ1n) is 8.39. The van der Waals surface area contributed by atoms with Crippen molar-refractivity contribution in [2.45, 2.75) is 56.6 Å². The van der Waals surface area contributed by atoms with Gasteiger partial charge in [-0.25, -0.2) is 4.79 Å². The van der Waals surface area contributed by atoms with E-state index in [-0.39, 0.29) is 17.7 Å². The molecule has 0 radical (unpaired) electrons. The molecule has 2 aliphatic rings. The Bertz CT molecular complexity index is 603. The number of benzene rings is 1. The van der Waals surface area contributed by atoms with Crippen LogP contribution >= 0.6 is 0 Å². The van der Waals surface area contributed by atoms with Gasteiger partial charge in [-0.1, -0.05) is 31.4 Å². The molecule has 2 N–H and O–H groups in total. The maximum absolute atomic E-state index is 12.3. The average Bonchev–Trinajstić information content (AvgIpc) is 2.90. The molecule has 0 aromatic heterocycles. The fourth-order valence-corrected chi connectivity index (χ4v) is 3.77. The van der Waals surface area contributed by atoms with Gasteiger partial charge in [0.05, 0.1) is 24.1 Å². The van der Waals surface area contributed by atoms with Gasteiger partial charge in [0.15, 0.2) is 0 Å². The summed E-state index contributed by atoms with van der Waals surface area (Å²) in [7, 11) is 0. The number of anilines is 1. The lowest BCUT2D eigenvalue weighted by Gasteiger charge is -2.38. The Kier molecular flexibility index (Phi) is 4.82. The van der Waals surface area contributed by atoms with E-state index in [1.54, 1.807) is 0 Å². The minimum absolute atomic E-state index is 0.0880. The smallest absolute Gasteiger partial charge is 0.319 e. The van der Waals surface area contributed by atoms with E-state index in [0.717, 1.165) is 31.4 Å². The maximum Gasteiger partial charge on any atom is 0.319 e. The molecule has 1 aliphatic carbocycles. The van der Waals surface area contributed by atoms with Crippen LogP contribution in [0.25, 0.3) is 0 Å². The Morgan fingerprint density at radius 3 is 2.96 bits per heavy atom. The molecule has 1 heterocycles. The second-order valence-corrected chi connectivity index (χ2v) is 6.45. The van der Waals surface area contributed by atoms with E-state index in [1.165, 1.54) is 19.3 Å². The summed E-state index contributed by atoms with van der Waals surface area (Å²) in [5, 5.41) is 14.7. The van der Waals surface area contributed by atoms with Crippen LogP contribution in [0.1, 0.15) is 44.1 Å². The van der Waals surface area contributed by atoms with E-state index in [0.29, 0.717) is 12.1 Å². The van der Waals surface area contributed by atoms with Gasteiger partial charge in [-0.15, -0.1) is 0 Å². The lowest BCUT2D eigenvalue weighted by atomic mass is 9.80. The first kappa shape index (κ1) is 15.8. The molecular weight excluding hydrogens is 290 g/mol. The molecule has 2 amide bonds. The number of carbonyl (C=O) groups is 1. The van der Waals surface area contributed by atoms with Crippen LogP contribution in [0.3, 0.4) is 0 Å². The van der Waals surface area contributed by atoms with Crippen molar-refractivity contribution in [1.82, 2.24) is 5.32 Å². The number of ether oxygens (including phenoxy) is 1. The SMILES string of the molecule is N#CCc1cccc(NC(=O)NC2CCOC23CCCCC3)c1. The third-order valence-corrected chi connectivity index (χ3v) is 4.90. The topological polar surface area (TPSA) is 74.2 Å². The zero-order valence-electron chi connectivity index (χ0n) is 13.3. The third-order valence-electron chi connectivity index (χ3n) is 4.90. The van der Waals surface area contributed by atoms with Crippen molar-refractivity contribution in [2.24, 2.45) is 0 Å². The Hall–Kier alpha value is -2.06. The molecule has 1 aliphatic heterocycles. The highest BCUT2D eigenvalue weighted by atomic mass is 16.5. The zero-order valence-corrected chi connectivity index (χ0v) is 13.3. The summed E-state index contributed by atoms with van der Waals surface area (Å²) < 4.78 is 6.02. The molecule has 1 saturated carbocycles. The summed E-state index contributed by atoms with van der Waals surface area (Å²) in [5.41, 5.74) is 1.46. The normalized spacial score (nSPS) is 22.5. The highest BCUT2D eigenvalue weighted by molar-refractivity contribution is 5.89. The molecule has 1 atom stereocenters. The van der Waals surface area contributed by atoms with Crippen LogP contribution in [0, 0.1) is 11.3 Å². The van der Waals surface area contributed by atoms with Gasteiger partial charge in [0, 0.05) is 12.3 Å². The molecule has 122 valence electrons. The van der Waals surface area contributed by atoms with Crippen LogP contribution in [-0.4, -0.2) is 24.3 Å². The van der Waals surface area contributed by atoms with E-state index in [2.05, 4.69) is 16.7 Å². The van der Waals surface area contributed by atoms with Crippen molar-refractivity contribution in [3.8, 4) is 6.07 Å². The van der Waals surface area contributed by atoms with Crippen molar-refractivity contribution in [3.63, 3.8) is 0 Å². The number of urea groups is 1. The van der Waals surface area contributed by atoms with Crippen LogP contribution in [0.4, 0.5) is 10.5 Å². The summed E-state index contributed by atoms with van der Waals surface area (Å²) in [6, 6.07) is 9.42. The van der Waals surface area contributed by atoms with Gasteiger partial charge >= 0.3 is 6.03 Å². The standard InChI is InChI=1S/C18H23N3O2/c19-11-7-14-5-4-6-15(13-14)20-17(22)21-16-8-12-23-18(16)9-2-1-3-10-18/h4-6,13,16H,1-3,7-10,12H2,(H2,20,21,22). The third kappa shape index (κ3) is 3.65. The largest absolute Gasteiger partial charge is 0.373 e. The molecular formula is C18H23N3O2. The molecule has 1 aromatic carbocycles. The lowest BCUT2D eigenvalue weighted by molar-refractivity contribution is -0.0365. The number of hydrogen-bond acceptors (Lipinski definition) is 3. The number of carbonyl (C=O) groups excluding carboxylic acids is 1. The summed E-state index contributed by atoms with van der Waals surface area (Å²) in [4.78, 5) is 12.3. The van der Waals surface area contributed by atoms with E-state index in [1.807, 2.05) is 24.3 Å². The molecule has 3 rings (SSSR count). The number of hydrogen-bond donors (Lipinski definition) is 2. The fraction of sp³-hybridized carbons (Fsp3) is 0.556. The minimum atomic E-state index is -0.195. The lowest BCUT2D eigenvalue weighted by Crippen LogP contribution is -2.52. The monoisotopic (exact) mass is 313 g/mol. The molecule has 1 saturated heterocycles. The number of nitrogens with zero attached hydrogens (tertiary/aromatic N) is 1. The zero-order chi connectivity index (χ0) is 16.1. The van der Waals surface area contributed by atoms with Gasteiger partial charge in [-0.05, 0) is 37.0 Å². The molecule has 5 nitrogen and oxygen atoms in total. The summed E-state index contributed by atoms with van der Waals surface area (Å²) in [5.74, 6) is 0. The van der Waals surface area contributed by atoms with Gasteiger partial charge in [0.25, 0.3) is 0 Å². The van der Waals surface area contributed by atoms with Gasteiger partial charge < -0.3 is 15.4 Å². The fourth-order valence-electron chi connectivity index (χ4n) is 3.77. The minimum Gasteiger partial charge on any atom is -0.373 e. The van der Waals surface area contributed by atoms with Gasteiger partial charge in [-0.3, -0.25) is 0 Å². The molecule has 1 spiro atoms. The summed E-state index contributed by atoms with van der Waals surface area (Å²) in [6.45, 7) is 0.725. The summed E-state index contributed by atoms with van der Waals surface area (Å²) in [6.07, 6.45) is 6.91. The average molecular weight is 313 g/mol. The Balaban J connectivity index is 1.61. The Labute approximate surface area is 137 Å². The van der Waals surface area contributed by atoms with Gasteiger partial charge in [0.1, 0.15) is 0 Å². The second kappa shape index (κ2) is 7.01. The van der Waals surface area contributed by atoms with E-state index in [9.17, 15) is 4.79 Å². The quantitative estimate of drug-likeness (QED) is 0.898. The van der Waals surface area contributed by atoms with E-state index >= 15 is 0 Å². The van der Waals surface area contributed by atoms with Crippen LogP contribution < -0.4 is 10.6 Å². The number of amides is 2. The molecule has 2 fully saturated rings. The Morgan fingerprint density at radius 2 is 2.17 bits per heavy atom. The Morgan fingerprint density at radius 1 is 1.35 bits per heavy atom. The first-order valence-corrected chi connectivity index (χ1v) is 8.39. The van der Waals surface area contributed by atoms with Gasteiger partial charge in [-0.2, -0.15) is 5.26 Å². The van der Waals surface area contributed by atoms with Crippen molar-refractivity contribution >= 4 is 11.7 Å². The predicted octanol–water partition coefficient (Wildman–Crippen LogP) is 3.37. The van der Waals surface area contributed by atoms with E-state index in [4.69, 9.17) is 10.00 Å². The molecule has 1 unspecified atom stereocenters. The second-order valence-electron chi connectivity index (χ2n) is 6.45. The predicted molar refractivity (Wildman–Crippen MR) is 88.1 cm³/mol. The van der Waals surface area contributed by atoms with Crippen molar-refractivity contribution in [1.29, 1.82) is 5.26 Å². The molecule has 1 aromatic rings. The highest BCUT2D eigenvalue weighted by Gasteiger charge is 2.45. The number of rotatable bonds is 3. The van der Waals surface area contributed by atoms with Gasteiger partial charge in [0.2, 0.25) is 0 Å². The van der Waals surface area contributed by atoms with Crippen LogP contribution in [0.15, 0.2) is 24.3 Å². The number of nitrogens with one attached hydrogen (secondary N) is 2. The highest BCUT2D eigenvalue weighted by Crippen LogP contribution is 2.39. The maximum atomic E-state index is 12.3. The molecule has 0 bridgehead atoms. The van der Waals surface area contributed by atoms with Crippen LogP contribution in [0.2, 0.25) is 0 Å². The number of nitriles is 1. The van der Waals surface area contributed by atoms with E-state index < -0.39 is 0 Å². The van der Waals surface area contributed by atoms with Crippen LogP contribution in [-0.2, 0) is 11.2 Å². The first-order chi connectivity index (χ1) is 11.2. The summed E-state index contributed by atoms with van der Waals surface area (Å²) >= 11 is 0. The molecule has 5 heteroatoms. The van der Waals surface area contributed by atoms with Crippen molar-refractivity contribution < 1.29 is 9.53 Å². The van der Waals surface area contributed by atoms with Crippen molar-refractivity contribution in [2.75, 3.05) is 11.9 Å². The van der Waals surface area contributed by atoms with Crippen molar-refractivity contribution in [3.05, 3.63) is 29.8 Å².